The molecule has 0 bridgehead atoms. The number of aromatic carboxylic acids is 1. The molecule has 2 aromatic carbocycles. The van der Waals surface area contributed by atoms with Crippen molar-refractivity contribution in [1.29, 1.82) is 0 Å². The van der Waals surface area contributed by atoms with Crippen LogP contribution in [0.3, 0.4) is 0 Å². The number of benzene rings is 2. The van der Waals surface area contributed by atoms with Crippen LogP contribution < -0.4 is 5.43 Å². The number of nitrogens with one attached hydrogen (secondary N) is 1. The van der Waals surface area contributed by atoms with Gasteiger partial charge < -0.3 is 5.11 Å². The Balaban J connectivity index is 2.10. The van der Waals surface area contributed by atoms with Crippen LogP contribution in [0.1, 0.15) is 26.3 Å². The van der Waals surface area contributed by atoms with Crippen LogP contribution in [0.2, 0.25) is 0 Å². The number of rotatable bonds is 4. The Hall–Kier alpha value is -2.95. The molecule has 5 nitrogen and oxygen atoms in total. The number of carbonyl (C=O) groups is 2. The van der Waals surface area contributed by atoms with Crippen LogP contribution >= 0.6 is 0 Å². The molecule has 0 heterocycles. The van der Waals surface area contributed by atoms with Crippen LogP contribution in [0.5, 0.6) is 0 Å². The maximum atomic E-state index is 11.9. The Morgan fingerprint density at radius 3 is 2.20 bits per heavy atom. The summed E-state index contributed by atoms with van der Waals surface area (Å²) >= 11 is 0. The van der Waals surface area contributed by atoms with Crippen molar-refractivity contribution in [3.8, 4) is 0 Å². The van der Waals surface area contributed by atoms with Gasteiger partial charge in [0.05, 0.1) is 17.3 Å². The summed E-state index contributed by atoms with van der Waals surface area (Å²) in [5, 5.41) is 12.8. The first-order valence-corrected chi connectivity index (χ1v) is 5.89. The Morgan fingerprint density at radius 1 is 0.950 bits per heavy atom. The first-order valence-electron chi connectivity index (χ1n) is 5.89. The lowest BCUT2D eigenvalue weighted by Gasteiger charge is -2.03. The third-order valence-corrected chi connectivity index (χ3v) is 2.58. The van der Waals surface area contributed by atoms with Crippen LogP contribution in [0.4, 0.5) is 0 Å². The number of amides is 1. The van der Waals surface area contributed by atoms with Gasteiger partial charge in [0.2, 0.25) is 0 Å². The fraction of sp³-hybridized carbons (Fsp3) is 0. The van der Waals surface area contributed by atoms with Crippen LogP contribution in [-0.2, 0) is 0 Å². The predicted octanol–water partition coefficient (Wildman–Crippen LogP) is 2.15. The van der Waals surface area contributed by atoms with Gasteiger partial charge in [-0.2, -0.15) is 5.10 Å². The van der Waals surface area contributed by atoms with Crippen molar-refractivity contribution in [3.63, 3.8) is 0 Å². The zero-order valence-electron chi connectivity index (χ0n) is 10.5. The number of carboxylic acids is 1. The summed E-state index contributed by atoms with van der Waals surface area (Å²) < 4.78 is 0. The molecule has 0 radical (unpaired) electrons. The van der Waals surface area contributed by atoms with Gasteiger partial charge in [-0.3, -0.25) is 4.79 Å². The molecule has 2 aromatic rings. The summed E-state index contributed by atoms with van der Waals surface area (Å²) in [6, 6.07) is 15.2. The van der Waals surface area contributed by atoms with E-state index in [2.05, 4.69) is 10.5 Å². The minimum absolute atomic E-state index is 0.0556. The van der Waals surface area contributed by atoms with Gasteiger partial charge >= 0.3 is 5.97 Å². The average Bonchev–Trinajstić information content (AvgIpc) is 2.48. The fourth-order valence-corrected chi connectivity index (χ4v) is 1.63. The number of nitrogens with zero attached hydrogens (tertiary/aromatic N) is 1. The second kappa shape index (κ2) is 6.29. The number of hydrogen-bond donors (Lipinski definition) is 2. The van der Waals surface area contributed by atoms with Crippen molar-refractivity contribution in [3.05, 3.63) is 71.3 Å². The van der Waals surface area contributed by atoms with E-state index in [1.165, 1.54) is 18.3 Å². The van der Waals surface area contributed by atoms with Crippen LogP contribution in [0, 0.1) is 0 Å². The van der Waals surface area contributed by atoms with Gasteiger partial charge in [0.1, 0.15) is 0 Å². The van der Waals surface area contributed by atoms with Crippen molar-refractivity contribution in [2.45, 2.75) is 0 Å². The van der Waals surface area contributed by atoms with E-state index in [1.807, 2.05) is 30.3 Å². The second-order valence-electron chi connectivity index (χ2n) is 3.96. The smallest absolute Gasteiger partial charge is 0.336 e. The molecule has 0 aliphatic heterocycles. The molecule has 0 unspecified atom stereocenters. The molecule has 0 aromatic heterocycles. The van der Waals surface area contributed by atoms with E-state index in [0.717, 1.165) is 5.56 Å². The predicted molar refractivity (Wildman–Crippen MR) is 74.9 cm³/mol. The SMILES string of the molecule is O=C(O)c1ccccc1C(=O)NN=Cc1ccccc1. The maximum Gasteiger partial charge on any atom is 0.336 e. The Labute approximate surface area is 115 Å². The van der Waals surface area contributed by atoms with Crippen molar-refractivity contribution in [1.82, 2.24) is 5.43 Å². The number of carbonyl (C=O) groups excluding carboxylic acids is 1. The lowest BCUT2D eigenvalue weighted by Crippen LogP contribution is -2.20. The lowest BCUT2D eigenvalue weighted by atomic mass is 10.1. The number of carboxylic acid groups (broad SMARTS) is 1. The molecule has 1 amide bonds. The molecular weight excluding hydrogens is 256 g/mol. The van der Waals surface area contributed by atoms with E-state index in [0.29, 0.717) is 0 Å². The first-order chi connectivity index (χ1) is 9.68. The third-order valence-electron chi connectivity index (χ3n) is 2.58. The van der Waals surface area contributed by atoms with Gasteiger partial charge in [0.15, 0.2) is 0 Å². The summed E-state index contributed by atoms with van der Waals surface area (Å²) in [7, 11) is 0. The average molecular weight is 268 g/mol. The molecule has 0 spiro atoms. The maximum absolute atomic E-state index is 11.9. The fourth-order valence-electron chi connectivity index (χ4n) is 1.63. The van der Waals surface area contributed by atoms with Gasteiger partial charge in [0, 0.05) is 0 Å². The van der Waals surface area contributed by atoms with Crippen molar-refractivity contribution >= 4 is 18.1 Å². The van der Waals surface area contributed by atoms with Crippen molar-refractivity contribution < 1.29 is 14.7 Å². The minimum Gasteiger partial charge on any atom is -0.478 e. The van der Waals surface area contributed by atoms with Gasteiger partial charge in [-0.05, 0) is 17.7 Å². The summed E-state index contributed by atoms with van der Waals surface area (Å²) in [5.41, 5.74) is 3.16. The highest BCUT2D eigenvalue weighted by molar-refractivity contribution is 6.04. The molecule has 2 N–H and O–H groups in total. The van der Waals surface area contributed by atoms with E-state index < -0.39 is 11.9 Å². The summed E-state index contributed by atoms with van der Waals surface area (Å²) in [5.74, 6) is -1.71. The number of hydrazone groups is 1. The van der Waals surface area contributed by atoms with Gasteiger partial charge in [-0.25, -0.2) is 10.2 Å². The Morgan fingerprint density at radius 2 is 1.55 bits per heavy atom. The highest BCUT2D eigenvalue weighted by atomic mass is 16.4. The Kier molecular flexibility index (Phi) is 4.24. The van der Waals surface area contributed by atoms with Gasteiger partial charge in [-0.15, -0.1) is 0 Å². The summed E-state index contributed by atoms with van der Waals surface area (Å²) in [6.07, 6.45) is 1.49. The molecular formula is C15H12N2O3. The standard InChI is InChI=1S/C15H12N2O3/c18-14(12-8-4-5-9-13(12)15(19)20)17-16-10-11-6-2-1-3-7-11/h1-10H,(H,17,18)(H,19,20). The van der Waals surface area contributed by atoms with Crippen LogP contribution in [-0.4, -0.2) is 23.2 Å². The molecule has 0 aliphatic rings. The molecule has 0 atom stereocenters. The second-order valence-corrected chi connectivity index (χ2v) is 3.96. The van der Waals surface area contributed by atoms with Crippen LogP contribution in [0.25, 0.3) is 0 Å². The molecule has 20 heavy (non-hydrogen) atoms. The normalized spacial score (nSPS) is 10.4. The molecule has 5 heteroatoms. The highest BCUT2D eigenvalue weighted by Gasteiger charge is 2.14. The van der Waals surface area contributed by atoms with E-state index in [9.17, 15) is 9.59 Å². The van der Waals surface area contributed by atoms with E-state index in [4.69, 9.17) is 5.11 Å². The van der Waals surface area contributed by atoms with Gasteiger partial charge in [0.25, 0.3) is 5.91 Å². The summed E-state index contributed by atoms with van der Waals surface area (Å²) in [6.45, 7) is 0. The molecule has 2 rings (SSSR count). The van der Waals surface area contributed by atoms with E-state index in [-0.39, 0.29) is 11.1 Å². The molecule has 0 aliphatic carbocycles. The first kappa shape index (κ1) is 13.5. The zero-order valence-corrected chi connectivity index (χ0v) is 10.5. The minimum atomic E-state index is -1.15. The molecule has 0 saturated heterocycles. The van der Waals surface area contributed by atoms with E-state index >= 15 is 0 Å². The Bertz CT molecular complexity index is 651. The highest BCUT2D eigenvalue weighted by Crippen LogP contribution is 2.08. The number of hydrogen-bond acceptors (Lipinski definition) is 3. The van der Waals surface area contributed by atoms with Crippen molar-refractivity contribution in [2.24, 2.45) is 5.10 Å². The van der Waals surface area contributed by atoms with Gasteiger partial charge in [-0.1, -0.05) is 42.5 Å². The quantitative estimate of drug-likeness (QED) is 0.658. The lowest BCUT2D eigenvalue weighted by molar-refractivity contribution is 0.0691. The monoisotopic (exact) mass is 268 g/mol. The molecule has 0 fully saturated rings. The largest absolute Gasteiger partial charge is 0.478 e. The summed E-state index contributed by atoms with van der Waals surface area (Å²) in [4.78, 5) is 22.9. The molecule has 0 saturated carbocycles. The molecule has 100 valence electrons. The van der Waals surface area contributed by atoms with E-state index in [1.54, 1.807) is 12.1 Å². The topological polar surface area (TPSA) is 78.8 Å². The van der Waals surface area contributed by atoms with Crippen LogP contribution in [0.15, 0.2) is 59.7 Å². The van der Waals surface area contributed by atoms with Crippen molar-refractivity contribution in [2.75, 3.05) is 0 Å². The zero-order chi connectivity index (χ0) is 14.4. The third kappa shape index (κ3) is 3.29.